The number of rotatable bonds is 7. The first-order chi connectivity index (χ1) is 18.6. The van der Waals surface area contributed by atoms with Crippen LogP contribution in [0.5, 0.6) is 5.75 Å². The highest BCUT2D eigenvalue weighted by molar-refractivity contribution is 8.00. The van der Waals surface area contributed by atoms with Gasteiger partial charge in [0.05, 0.1) is 25.0 Å². The third-order valence-electron chi connectivity index (χ3n) is 6.53. The first kappa shape index (κ1) is 28.4. The van der Waals surface area contributed by atoms with E-state index in [2.05, 4.69) is 51.6 Å². The molecule has 0 saturated carbocycles. The van der Waals surface area contributed by atoms with Crippen LogP contribution in [-0.2, 0) is 0 Å². The van der Waals surface area contributed by atoms with Crippen LogP contribution in [0.4, 0.5) is 24.5 Å². The second-order valence-electron chi connectivity index (χ2n) is 9.36. The second-order valence-corrected chi connectivity index (χ2v) is 10.4. The Balaban J connectivity index is 1.59. The van der Waals surface area contributed by atoms with Gasteiger partial charge in [-0.25, -0.2) is 4.98 Å². The van der Waals surface area contributed by atoms with E-state index in [1.165, 1.54) is 18.6 Å². The molecule has 0 aliphatic carbocycles. The number of pyridine rings is 1. The standard InChI is InChI=1S/C27H31F3N6O2S/c1-17-16-35(3)14-11-19(17)33-21-8-6-13-36-24(21)34-22(26(36)39-27(28,29)30)7-5-12-32-20-10-9-18(25(37)31-2)15-23(20)38-4/h6,8-10,13,15,17,19,32-33H,11-12,14,16H2,1-4H3,(H,31,37). The number of imidazole rings is 1. The van der Waals surface area contributed by atoms with Gasteiger partial charge >= 0.3 is 5.51 Å². The number of alkyl halides is 3. The normalized spacial score (nSPS) is 17.8. The fourth-order valence-corrected chi connectivity index (χ4v) is 5.26. The van der Waals surface area contributed by atoms with Gasteiger partial charge in [-0.3, -0.25) is 9.20 Å². The van der Waals surface area contributed by atoms with Crippen molar-refractivity contribution < 1.29 is 22.7 Å². The van der Waals surface area contributed by atoms with E-state index < -0.39 is 5.51 Å². The SMILES string of the molecule is CNC(=O)c1ccc(NCC#Cc2nc3c(NC4CCN(C)CC4C)cccn3c2SC(F)(F)F)c(OC)c1. The number of nitrogens with zero attached hydrogens (tertiary/aromatic N) is 3. The number of hydrogen-bond acceptors (Lipinski definition) is 7. The van der Waals surface area contributed by atoms with Crippen LogP contribution in [0.3, 0.4) is 0 Å². The average molecular weight is 561 g/mol. The molecule has 208 valence electrons. The minimum Gasteiger partial charge on any atom is -0.495 e. The minimum absolute atomic E-state index is 0.0479. The van der Waals surface area contributed by atoms with Gasteiger partial charge < -0.3 is 25.6 Å². The molecule has 3 aromatic rings. The third-order valence-corrected chi connectivity index (χ3v) is 7.35. The molecule has 12 heteroatoms. The van der Waals surface area contributed by atoms with Crippen LogP contribution >= 0.6 is 11.8 Å². The maximum Gasteiger partial charge on any atom is 0.447 e. The van der Waals surface area contributed by atoms with Crippen molar-refractivity contribution in [1.82, 2.24) is 19.6 Å². The number of fused-ring (bicyclic) bond motifs is 1. The molecule has 1 aliphatic heterocycles. The number of hydrogen-bond donors (Lipinski definition) is 3. The zero-order chi connectivity index (χ0) is 28.2. The molecule has 8 nitrogen and oxygen atoms in total. The first-order valence-corrected chi connectivity index (χ1v) is 13.3. The summed E-state index contributed by atoms with van der Waals surface area (Å²) in [5.41, 5.74) is -2.35. The van der Waals surface area contributed by atoms with E-state index in [0.29, 0.717) is 34.3 Å². The van der Waals surface area contributed by atoms with Gasteiger partial charge in [0.25, 0.3) is 5.91 Å². The predicted molar refractivity (Wildman–Crippen MR) is 148 cm³/mol. The quantitative estimate of drug-likeness (QED) is 0.289. The molecule has 1 amide bonds. The molecule has 3 heterocycles. The van der Waals surface area contributed by atoms with Crippen molar-refractivity contribution in [3.05, 3.63) is 47.8 Å². The average Bonchev–Trinajstić information content (AvgIpc) is 3.24. The van der Waals surface area contributed by atoms with E-state index in [-0.39, 0.29) is 41.0 Å². The monoisotopic (exact) mass is 560 g/mol. The number of aromatic nitrogens is 2. The van der Waals surface area contributed by atoms with Crippen LogP contribution in [0.1, 0.15) is 29.4 Å². The summed E-state index contributed by atoms with van der Waals surface area (Å²) in [7, 11) is 5.10. The number of carbonyl (C=O) groups excluding carboxylic acids is 1. The molecule has 39 heavy (non-hydrogen) atoms. The lowest BCUT2D eigenvalue weighted by molar-refractivity contribution is -0.0330. The number of methoxy groups -OCH3 is 1. The van der Waals surface area contributed by atoms with Crippen molar-refractivity contribution in [3.63, 3.8) is 0 Å². The summed E-state index contributed by atoms with van der Waals surface area (Å²) in [5, 5.41) is 9.06. The number of likely N-dealkylation sites (tertiary alicyclic amines) is 1. The summed E-state index contributed by atoms with van der Waals surface area (Å²) < 4.78 is 47.3. The highest BCUT2D eigenvalue weighted by atomic mass is 32.2. The van der Waals surface area contributed by atoms with Crippen molar-refractivity contribution in [1.29, 1.82) is 0 Å². The highest BCUT2D eigenvalue weighted by Crippen LogP contribution is 2.39. The Morgan fingerprint density at radius 2 is 2.08 bits per heavy atom. The van der Waals surface area contributed by atoms with Crippen LogP contribution in [0.15, 0.2) is 41.6 Å². The molecule has 2 atom stereocenters. The summed E-state index contributed by atoms with van der Waals surface area (Å²) in [5.74, 6) is 6.25. The summed E-state index contributed by atoms with van der Waals surface area (Å²) in [6, 6.07) is 8.65. The molecule has 3 N–H and O–H groups in total. The zero-order valence-electron chi connectivity index (χ0n) is 22.1. The molecule has 0 spiro atoms. The topological polar surface area (TPSA) is 82.9 Å². The number of piperidine rings is 1. The van der Waals surface area contributed by atoms with E-state index in [1.54, 1.807) is 30.5 Å². The maximum atomic E-state index is 13.5. The molecular formula is C27H31F3N6O2S. The van der Waals surface area contributed by atoms with Crippen LogP contribution < -0.4 is 20.7 Å². The Kier molecular flexibility index (Phi) is 8.82. The lowest BCUT2D eigenvalue weighted by Crippen LogP contribution is -2.43. The Bertz CT molecular complexity index is 1400. The van der Waals surface area contributed by atoms with Gasteiger partial charge in [-0.05, 0) is 62.2 Å². The lowest BCUT2D eigenvalue weighted by Gasteiger charge is -2.35. The van der Waals surface area contributed by atoms with Gasteiger partial charge in [0.1, 0.15) is 16.5 Å². The minimum atomic E-state index is -4.50. The maximum absolute atomic E-state index is 13.5. The molecule has 0 bridgehead atoms. The molecule has 1 saturated heterocycles. The van der Waals surface area contributed by atoms with E-state index in [4.69, 9.17) is 4.74 Å². The Morgan fingerprint density at radius 3 is 2.77 bits per heavy atom. The molecule has 2 aromatic heterocycles. The predicted octanol–water partition coefficient (Wildman–Crippen LogP) is 4.53. The van der Waals surface area contributed by atoms with Crippen molar-refractivity contribution in [2.45, 2.75) is 29.9 Å². The van der Waals surface area contributed by atoms with Crippen molar-refractivity contribution in [2.24, 2.45) is 5.92 Å². The molecule has 1 aliphatic rings. The fraction of sp³-hybridized carbons (Fsp3) is 0.407. The Labute approximate surface area is 229 Å². The van der Waals surface area contributed by atoms with Crippen LogP contribution in [0.2, 0.25) is 0 Å². The van der Waals surface area contributed by atoms with E-state index in [9.17, 15) is 18.0 Å². The Hall–Kier alpha value is -3.56. The molecule has 1 fully saturated rings. The zero-order valence-corrected chi connectivity index (χ0v) is 23.0. The van der Waals surface area contributed by atoms with Crippen molar-refractivity contribution in [3.8, 4) is 17.6 Å². The molecule has 2 unspecified atom stereocenters. The number of thioether (sulfide) groups is 1. The van der Waals surface area contributed by atoms with Crippen molar-refractivity contribution >= 4 is 34.7 Å². The fourth-order valence-electron chi connectivity index (χ4n) is 4.61. The highest BCUT2D eigenvalue weighted by Gasteiger charge is 2.33. The summed E-state index contributed by atoms with van der Waals surface area (Å²) >= 11 is -0.229. The third kappa shape index (κ3) is 6.91. The van der Waals surface area contributed by atoms with Crippen LogP contribution in [0.25, 0.3) is 5.65 Å². The summed E-state index contributed by atoms with van der Waals surface area (Å²) in [4.78, 5) is 18.7. The second kappa shape index (κ2) is 12.1. The van der Waals surface area contributed by atoms with Crippen molar-refractivity contribution in [2.75, 3.05) is 51.5 Å². The molecular weight excluding hydrogens is 529 g/mol. The number of amides is 1. The van der Waals surface area contributed by atoms with E-state index in [1.807, 2.05) is 6.07 Å². The molecule has 0 radical (unpaired) electrons. The van der Waals surface area contributed by atoms with Gasteiger partial charge in [-0.1, -0.05) is 12.8 Å². The van der Waals surface area contributed by atoms with Crippen LogP contribution in [0, 0.1) is 17.8 Å². The largest absolute Gasteiger partial charge is 0.495 e. The van der Waals surface area contributed by atoms with Gasteiger partial charge in [0, 0.05) is 43.2 Å². The van der Waals surface area contributed by atoms with Gasteiger partial charge in [-0.2, -0.15) is 13.2 Å². The number of benzene rings is 1. The van der Waals surface area contributed by atoms with Gasteiger partial charge in [0.2, 0.25) is 0 Å². The summed E-state index contributed by atoms with van der Waals surface area (Å²) in [6.45, 7) is 4.16. The van der Waals surface area contributed by atoms with E-state index in [0.717, 1.165) is 19.5 Å². The van der Waals surface area contributed by atoms with Gasteiger partial charge in [0.15, 0.2) is 5.65 Å². The smallest absolute Gasteiger partial charge is 0.447 e. The number of anilines is 2. The number of nitrogens with one attached hydrogen (secondary N) is 3. The number of ether oxygens (including phenoxy) is 1. The molecule has 4 rings (SSSR count). The van der Waals surface area contributed by atoms with Crippen LogP contribution in [-0.4, -0.2) is 72.6 Å². The summed E-state index contributed by atoms with van der Waals surface area (Å²) in [6.07, 6.45) is 2.50. The number of halogens is 3. The van der Waals surface area contributed by atoms with E-state index >= 15 is 0 Å². The lowest BCUT2D eigenvalue weighted by atomic mass is 9.94. The number of carbonyl (C=O) groups is 1. The van der Waals surface area contributed by atoms with Gasteiger partial charge in [-0.15, -0.1) is 0 Å². The first-order valence-electron chi connectivity index (χ1n) is 12.4. The Morgan fingerprint density at radius 1 is 1.28 bits per heavy atom. The molecule has 1 aromatic carbocycles.